The Labute approximate surface area is 102 Å². The number of hydrogen-bond acceptors (Lipinski definition) is 1. The van der Waals surface area contributed by atoms with Gasteiger partial charge in [-0.2, -0.15) is 0 Å². The first-order valence-electron chi connectivity index (χ1n) is 5.79. The Kier molecular flexibility index (Phi) is 3.61. The summed E-state index contributed by atoms with van der Waals surface area (Å²) in [6, 6.07) is 18.2. The van der Waals surface area contributed by atoms with Gasteiger partial charge in [0.2, 0.25) is 0 Å². The van der Waals surface area contributed by atoms with Gasteiger partial charge in [0.25, 0.3) is 0 Å². The minimum Gasteiger partial charge on any atom is -0.493 e. The molecule has 0 unspecified atom stereocenters. The van der Waals surface area contributed by atoms with E-state index in [1.165, 1.54) is 0 Å². The molecule has 0 aliphatic rings. The van der Waals surface area contributed by atoms with Crippen LogP contribution in [0.5, 0.6) is 5.75 Å². The van der Waals surface area contributed by atoms with Gasteiger partial charge < -0.3 is 4.74 Å². The predicted octanol–water partition coefficient (Wildman–Crippen LogP) is 4.15. The third-order valence-corrected chi connectivity index (χ3v) is 2.63. The molecule has 0 amide bonds. The normalized spacial score (nSPS) is 9.94. The van der Waals surface area contributed by atoms with Crippen LogP contribution in [0, 0.1) is 0 Å². The van der Waals surface area contributed by atoms with Crippen molar-refractivity contribution in [1.29, 1.82) is 0 Å². The van der Waals surface area contributed by atoms with E-state index in [0.29, 0.717) is 6.61 Å². The van der Waals surface area contributed by atoms with Crippen LogP contribution in [0.3, 0.4) is 0 Å². The van der Waals surface area contributed by atoms with Crippen LogP contribution in [0.25, 0.3) is 5.57 Å². The predicted molar refractivity (Wildman–Crippen MR) is 72.2 cm³/mol. The van der Waals surface area contributed by atoms with Crippen LogP contribution in [0.15, 0.2) is 61.2 Å². The highest BCUT2D eigenvalue weighted by Gasteiger charge is 2.07. The van der Waals surface area contributed by atoms with Gasteiger partial charge in [-0.05, 0) is 24.1 Å². The van der Waals surface area contributed by atoms with Crippen LogP contribution in [0.2, 0.25) is 0 Å². The molecule has 0 heterocycles. The van der Waals surface area contributed by atoms with E-state index in [1.54, 1.807) is 0 Å². The monoisotopic (exact) mass is 224 g/mol. The summed E-state index contributed by atoms with van der Waals surface area (Å²) in [7, 11) is 0. The standard InChI is InChI=1S/C16H16O/c1-3-17-16-12-8-7-11-15(16)13(2)14-9-5-4-6-10-14/h4-12H,2-3H2,1H3. The lowest BCUT2D eigenvalue weighted by atomic mass is 9.99. The van der Waals surface area contributed by atoms with Crippen LogP contribution in [-0.2, 0) is 0 Å². The summed E-state index contributed by atoms with van der Waals surface area (Å²) in [5.74, 6) is 0.892. The van der Waals surface area contributed by atoms with E-state index in [2.05, 4.69) is 18.7 Å². The maximum atomic E-state index is 5.62. The highest BCUT2D eigenvalue weighted by molar-refractivity contribution is 5.81. The molecule has 2 aromatic carbocycles. The van der Waals surface area contributed by atoms with E-state index in [-0.39, 0.29) is 0 Å². The first kappa shape index (κ1) is 11.5. The van der Waals surface area contributed by atoms with Crippen LogP contribution in [-0.4, -0.2) is 6.61 Å². The lowest BCUT2D eigenvalue weighted by Crippen LogP contribution is -1.96. The van der Waals surface area contributed by atoms with Crippen LogP contribution < -0.4 is 4.74 Å². The topological polar surface area (TPSA) is 9.23 Å². The minimum atomic E-state index is 0.666. The van der Waals surface area contributed by atoms with Crippen molar-refractivity contribution in [3.8, 4) is 5.75 Å². The second-order valence-corrected chi connectivity index (χ2v) is 3.77. The van der Waals surface area contributed by atoms with Crippen molar-refractivity contribution in [3.63, 3.8) is 0 Å². The second kappa shape index (κ2) is 5.35. The van der Waals surface area contributed by atoms with E-state index in [9.17, 15) is 0 Å². The number of rotatable bonds is 4. The molecular formula is C16H16O. The van der Waals surface area contributed by atoms with Gasteiger partial charge in [0.1, 0.15) is 5.75 Å². The Morgan fingerprint density at radius 1 is 1.00 bits per heavy atom. The van der Waals surface area contributed by atoms with E-state index < -0.39 is 0 Å². The van der Waals surface area contributed by atoms with E-state index in [0.717, 1.165) is 22.4 Å². The van der Waals surface area contributed by atoms with Crippen molar-refractivity contribution in [2.75, 3.05) is 6.61 Å². The van der Waals surface area contributed by atoms with E-state index in [4.69, 9.17) is 4.74 Å². The smallest absolute Gasteiger partial charge is 0.127 e. The summed E-state index contributed by atoms with van der Waals surface area (Å²) in [5, 5.41) is 0. The molecule has 0 N–H and O–H groups in total. The number of para-hydroxylation sites is 1. The van der Waals surface area contributed by atoms with Gasteiger partial charge >= 0.3 is 0 Å². The van der Waals surface area contributed by atoms with Crippen molar-refractivity contribution in [3.05, 3.63) is 72.3 Å². The Morgan fingerprint density at radius 2 is 1.65 bits per heavy atom. The molecule has 0 fully saturated rings. The molecule has 0 saturated carbocycles. The highest BCUT2D eigenvalue weighted by Crippen LogP contribution is 2.29. The third-order valence-electron chi connectivity index (χ3n) is 2.63. The number of ether oxygens (including phenoxy) is 1. The van der Waals surface area contributed by atoms with Gasteiger partial charge in [0.15, 0.2) is 0 Å². The summed E-state index contributed by atoms with van der Waals surface area (Å²) in [4.78, 5) is 0. The van der Waals surface area contributed by atoms with Crippen LogP contribution >= 0.6 is 0 Å². The lowest BCUT2D eigenvalue weighted by molar-refractivity contribution is 0.339. The molecule has 1 heteroatoms. The Bertz CT molecular complexity index is 500. The molecule has 1 nitrogen and oxygen atoms in total. The Morgan fingerprint density at radius 3 is 2.35 bits per heavy atom. The molecule has 0 saturated heterocycles. The second-order valence-electron chi connectivity index (χ2n) is 3.77. The lowest BCUT2D eigenvalue weighted by Gasteiger charge is -2.12. The molecular weight excluding hydrogens is 208 g/mol. The quantitative estimate of drug-likeness (QED) is 0.758. The van der Waals surface area contributed by atoms with Gasteiger partial charge in [-0.15, -0.1) is 0 Å². The molecule has 2 rings (SSSR count). The van der Waals surface area contributed by atoms with Crippen LogP contribution in [0.1, 0.15) is 18.1 Å². The maximum absolute atomic E-state index is 5.62. The largest absolute Gasteiger partial charge is 0.493 e. The highest BCUT2D eigenvalue weighted by atomic mass is 16.5. The van der Waals surface area contributed by atoms with Crippen molar-refractivity contribution in [1.82, 2.24) is 0 Å². The fourth-order valence-corrected chi connectivity index (χ4v) is 1.79. The summed E-state index contributed by atoms with van der Waals surface area (Å²) in [6.07, 6.45) is 0. The molecule has 86 valence electrons. The van der Waals surface area contributed by atoms with Crippen molar-refractivity contribution < 1.29 is 4.74 Å². The van der Waals surface area contributed by atoms with Gasteiger partial charge in [-0.25, -0.2) is 0 Å². The molecule has 0 bridgehead atoms. The summed E-state index contributed by atoms with van der Waals surface area (Å²) in [5.41, 5.74) is 3.18. The minimum absolute atomic E-state index is 0.666. The van der Waals surface area contributed by atoms with Crippen LogP contribution in [0.4, 0.5) is 0 Å². The number of hydrogen-bond donors (Lipinski definition) is 0. The zero-order chi connectivity index (χ0) is 12.1. The fourth-order valence-electron chi connectivity index (χ4n) is 1.79. The van der Waals surface area contributed by atoms with Gasteiger partial charge in [0, 0.05) is 5.56 Å². The molecule has 0 radical (unpaired) electrons. The van der Waals surface area contributed by atoms with Gasteiger partial charge in [0.05, 0.1) is 6.61 Å². The Balaban J connectivity index is 2.37. The van der Waals surface area contributed by atoms with Gasteiger partial charge in [-0.3, -0.25) is 0 Å². The summed E-state index contributed by atoms with van der Waals surface area (Å²) >= 11 is 0. The van der Waals surface area contributed by atoms with E-state index >= 15 is 0 Å². The van der Waals surface area contributed by atoms with Gasteiger partial charge in [-0.1, -0.05) is 55.1 Å². The molecule has 17 heavy (non-hydrogen) atoms. The first-order valence-corrected chi connectivity index (χ1v) is 5.79. The average Bonchev–Trinajstić information content (AvgIpc) is 2.40. The molecule has 2 aromatic rings. The first-order chi connectivity index (χ1) is 8.33. The molecule has 0 atom stereocenters. The fraction of sp³-hybridized carbons (Fsp3) is 0.125. The average molecular weight is 224 g/mol. The molecule has 0 spiro atoms. The zero-order valence-electron chi connectivity index (χ0n) is 10.0. The van der Waals surface area contributed by atoms with Crippen molar-refractivity contribution >= 4 is 5.57 Å². The summed E-state index contributed by atoms with van der Waals surface area (Å²) < 4.78 is 5.62. The third kappa shape index (κ3) is 2.56. The molecule has 0 aliphatic carbocycles. The Hall–Kier alpha value is -2.02. The van der Waals surface area contributed by atoms with E-state index in [1.807, 2.05) is 49.4 Å². The number of benzene rings is 2. The maximum Gasteiger partial charge on any atom is 0.127 e. The molecule has 0 aromatic heterocycles. The van der Waals surface area contributed by atoms with Crippen molar-refractivity contribution in [2.24, 2.45) is 0 Å². The van der Waals surface area contributed by atoms with Crippen molar-refractivity contribution in [2.45, 2.75) is 6.92 Å². The zero-order valence-corrected chi connectivity index (χ0v) is 10.0. The molecule has 0 aliphatic heterocycles. The SMILES string of the molecule is C=C(c1ccccc1)c1ccccc1OCC. The summed E-state index contributed by atoms with van der Waals surface area (Å²) in [6.45, 7) is 6.81.